The van der Waals surface area contributed by atoms with Gasteiger partial charge in [-0.25, -0.2) is 4.39 Å². The summed E-state index contributed by atoms with van der Waals surface area (Å²) in [6.07, 6.45) is 0. The number of rotatable bonds is 2. The highest BCUT2D eigenvalue weighted by Gasteiger charge is 2.23. The van der Waals surface area contributed by atoms with Gasteiger partial charge in [0.05, 0.1) is 14.7 Å². The summed E-state index contributed by atoms with van der Waals surface area (Å²) in [5, 5.41) is 14.8. The van der Waals surface area contributed by atoms with E-state index < -0.39 is 5.60 Å². The van der Waals surface area contributed by atoms with Crippen LogP contribution in [0.1, 0.15) is 18.7 Å². The molecule has 0 spiro atoms. The van der Waals surface area contributed by atoms with Crippen LogP contribution in [0.4, 0.5) is 4.39 Å². The van der Waals surface area contributed by atoms with E-state index in [9.17, 15) is 9.50 Å². The van der Waals surface area contributed by atoms with Crippen molar-refractivity contribution in [2.45, 2.75) is 23.7 Å². The van der Waals surface area contributed by atoms with Gasteiger partial charge in [0, 0.05) is 6.07 Å². The van der Waals surface area contributed by atoms with Gasteiger partial charge in [-0.3, -0.25) is 5.14 Å². The molecule has 0 aliphatic heterocycles. The van der Waals surface area contributed by atoms with E-state index in [1.54, 1.807) is 13.8 Å². The van der Waals surface area contributed by atoms with Crippen LogP contribution in [-0.2, 0) is 5.60 Å². The van der Waals surface area contributed by atoms with Gasteiger partial charge < -0.3 is 5.11 Å². The van der Waals surface area contributed by atoms with Crippen LogP contribution in [0.15, 0.2) is 10.3 Å². The average molecular weight is 207 g/mol. The molecule has 68 valence electrons. The van der Waals surface area contributed by atoms with Crippen molar-refractivity contribution in [3.8, 4) is 0 Å². The first-order valence-corrected chi connectivity index (χ1v) is 5.03. The Hall–Kier alpha value is -0.100. The Kier molecular flexibility index (Phi) is 2.77. The number of hydrogen-bond acceptors (Lipinski definition) is 4. The SMILES string of the molecule is CC(C)(O)c1sc(SN)cc1F. The second-order valence-electron chi connectivity index (χ2n) is 2.92. The zero-order valence-corrected chi connectivity index (χ0v) is 8.43. The molecule has 0 atom stereocenters. The molecule has 3 N–H and O–H groups in total. The fourth-order valence-electron chi connectivity index (χ4n) is 0.823. The Labute approximate surface area is 78.7 Å². The highest BCUT2D eigenvalue weighted by Crippen LogP contribution is 2.34. The molecular weight excluding hydrogens is 197 g/mol. The van der Waals surface area contributed by atoms with Gasteiger partial charge in [-0.05, 0) is 25.8 Å². The summed E-state index contributed by atoms with van der Waals surface area (Å²) in [6, 6.07) is 1.34. The first kappa shape index (κ1) is 9.98. The van der Waals surface area contributed by atoms with Gasteiger partial charge in [0.25, 0.3) is 0 Å². The second-order valence-corrected chi connectivity index (χ2v) is 4.91. The van der Waals surface area contributed by atoms with Crippen molar-refractivity contribution in [1.82, 2.24) is 0 Å². The number of halogens is 1. The minimum atomic E-state index is -1.12. The average Bonchev–Trinajstić information content (AvgIpc) is 2.29. The van der Waals surface area contributed by atoms with Crippen molar-refractivity contribution < 1.29 is 9.50 Å². The van der Waals surface area contributed by atoms with Gasteiger partial charge in [0.15, 0.2) is 0 Å². The predicted octanol–water partition coefficient (Wildman–Crippen LogP) is 2.08. The van der Waals surface area contributed by atoms with E-state index in [0.29, 0.717) is 9.09 Å². The Morgan fingerprint density at radius 1 is 1.67 bits per heavy atom. The van der Waals surface area contributed by atoms with Crippen molar-refractivity contribution in [3.63, 3.8) is 0 Å². The highest BCUT2D eigenvalue weighted by molar-refractivity contribution is 7.99. The van der Waals surface area contributed by atoms with Crippen molar-refractivity contribution in [2.24, 2.45) is 5.14 Å². The topological polar surface area (TPSA) is 46.2 Å². The maximum absolute atomic E-state index is 13.1. The molecule has 1 heterocycles. The molecule has 12 heavy (non-hydrogen) atoms. The third kappa shape index (κ3) is 1.98. The molecule has 1 rings (SSSR count). The maximum atomic E-state index is 13.1. The van der Waals surface area contributed by atoms with Crippen molar-refractivity contribution in [1.29, 1.82) is 0 Å². The molecule has 0 saturated heterocycles. The predicted molar refractivity (Wildman–Crippen MR) is 49.6 cm³/mol. The van der Waals surface area contributed by atoms with Gasteiger partial charge in [-0.15, -0.1) is 11.3 Å². The molecule has 0 aliphatic rings. The van der Waals surface area contributed by atoms with Crippen LogP contribution in [-0.4, -0.2) is 5.11 Å². The normalized spacial score (nSPS) is 12.1. The van der Waals surface area contributed by atoms with Crippen LogP contribution in [0.2, 0.25) is 0 Å². The van der Waals surface area contributed by atoms with Crippen LogP contribution >= 0.6 is 23.3 Å². The summed E-state index contributed by atoms with van der Waals surface area (Å²) in [7, 11) is 0. The molecule has 0 amide bonds. The smallest absolute Gasteiger partial charge is 0.141 e. The third-order valence-electron chi connectivity index (χ3n) is 1.34. The molecule has 0 bridgehead atoms. The van der Waals surface area contributed by atoms with E-state index in [-0.39, 0.29) is 5.82 Å². The van der Waals surface area contributed by atoms with Crippen LogP contribution in [0, 0.1) is 5.82 Å². The van der Waals surface area contributed by atoms with Gasteiger partial charge in [0.1, 0.15) is 5.82 Å². The van der Waals surface area contributed by atoms with Crippen molar-refractivity contribution in [2.75, 3.05) is 0 Å². The van der Waals surface area contributed by atoms with Crippen LogP contribution in [0.5, 0.6) is 0 Å². The lowest BCUT2D eigenvalue weighted by molar-refractivity contribution is 0.0789. The number of thiophene rings is 1. The molecule has 5 heteroatoms. The van der Waals surface area contributed by atoms with E-state index >= 15 is 0 Å². The lowest BCUT2D eigenvalue weighted by atomic mass is 10.1. The van der Waals surface area contributed by atoms with Crippen LogP contribution in [0.3, 0.4) is 0 Å². The Bertz CT molecular complexity index is 279. The largest absolute Gasteiger partial charge is 0.385 e. The molecular formula is C7H10FNOS2. The summed E-state index contributed by atoms with van der Waals surface area (Å²) < 4.78 is 13.7. The van der Waals surface area contributed by atoms with E-state index in [1.807, 2.05) is 0 Å². The Morgan fingerprint density at radius 2 is 2.25 bits per heavy atom. The van der Waals surface area contributed by atoms with Gasteiger partial charge in [-0.1, -0.05) is 0 Å². The first-order valence-electron chi connectivity index (χ1n) is 3.34. The fourth-order valence-corrected chi connectivity index (χ4v) is 2.21. The first-order chi connectivity index (χ1) is 5.45. The summed E-state index contributed by atoms with van der Waals surface area (Å²) in [5.74, 6) is -0.388. The van der Waals surface area contributed by atoms with Gasteiger partial charge in [0.2, 0.25) is 0 Å². The van der Waals surface area contributed by atoms with E-state index in [4.69, 9.17) is 5.14 Å². The summed E-state index contributed by atoms with van der Waals surface area (Å²) in [4.78, 5) is 0.329. The molecule has 1 aromatic heterocycles. The molecule has 2 nitrogen and oxygen atoms in total. The highest BCUT2D eigenvalue weighted by atomic mass is 32.2. The second kappa shape index (κ2) is 3.33. The lowest BCUT2D eigenvalue weighted by Crippen LogP contribution is -2.14. The van der Waals surface area contributed by atoms with Gasteiger partial charge >= 0.3 is 0 Å². The standard InChI is InChI=1S/C7H10FNOS2/c1-7(2,10)6-4(8)3-5(11-6)12-9/h3,10H,9H2,1-2H3. The van der Waals surface area contributed by atoms with Crippen molar-refractivity contribution >= 4 is 23.3 Å². The summed E-state index contributed by atoms with van der Waals surface area (Å²) in [5.41, 5.74) is -1.12. The fraction of sp³-hybridized carbons (Fsp3) is 0.429. The lowest BCUT2D eigenvalue weighted by Gasteiger charge is -2.14. The van der Waals surface area contributed by atoms with Gasteiger partial charge in [-0.2, -0.15) is 0 Å². The van der Waals surface area contributed by atoms with Crippen LogP contribution in [0.25, 0.3) is 0 Å². The van der Waals surface area contributed by atoms with E-state index in [2.05, 4.69) is 0 Å². The minimum absolute atomic E-state index is 0.329. The Morgan fingerprint density at radius 3 is 2.50 bits per heavy atom. The van der Waals surface area contributed by atoms with E-state index in [0.717, 1.165) is 11.9 Å². The number of hydrogen-bond donors (Lipinski definition) is 2. The Balaban J connectivity index is 3.08. The maximum Gasteiger partial charge on any atom is 0.141 e. The quantitative estimate of drug-likeness (QED) is 0.730. The third-order valence-corrected chi connectivity index (χ3v) is 3.44. The molecule has 0 unspecified atom stereocenters. The molecule has 0 radical (unpaired) electrons. The zero-order valence-electron chi connectivity index (χ0n) is 6.80. The minimum Gasteiger partial charge on any atom is -0.385 e. The molecule has 0 saturated carbocycles. The van der Waals surface area contributed by atoms with Crippen molar-refractivity contribution in [3.05, 3.63) is 16.8 Å². The molecule has 0 aliphatic carbocycles. The van der Waals surface area contributed by atoms with Crippen LogP contribution < -0.4 is 5.14 Å². The van der Waals surface area contributed by atoms with E-state index in [1.165, 1.54) is 17.4 Å². The molecule has 1 aromatic rings. The summed E-state index contributed by atoms with van der Waals surface area (Å²) >= 11 is 2.17. The number of aliphatic hydroxyl groups is 1. The monoisotopic (exact) mass is 207 g/mol. The zero-order chi connectivity index (χ0) is 9.35. The summed E-state index contributed by atoms with van der Waals surface area (Å²) in [6.45, 7) is 3.10. The molecule has 0 fully saturated rings. The molecule has 0 aromatic carbocycles. The number of nitrogens with two attached hydrogens (primary N) is 1.